The smallest absolute Gasteiger partial charge is 0.251 e. The van der Waals surface area contributed by atoms with Crippen LogP contribution in [0.4, 0.5) is 0 Å². The Balaban J connectivity index is 1.93. The third-order valence-electron chi connectivity index (χ3n) is 3.12. The van der Waals surface area contributed by atoms with Gasteiger partial charge >= 0.3 is 0 Å². The van der Waals surface area contributed by atoms with E-state index in [2.05, 4.69) is 5.32 Å². The van der Waals surface area contributed by atoms with Crippen molar-refractivity contribution in [2.24, 2.45) is 0 Å². The Labute approximate surface area is 102 Å². The molecule has 1 aromatic rings. The Hall–Kier alpha value is -1.51. The van der Waals surface area contributed by atoms with Crippen LogP contribution in [0.25, 0.3) is 0 Å². The number of ether oxygens (including phenoxy) is 1. The number of carbonyl (C=O) groups excluding carboxylic acids is 1. The molecule has 1 amide bonds. The third kappa shape index (κ3) is 3.22. The molecule has 0 unspecified atom stereocenters. The molecule has 2 rings (SSSR count). The molecule has 0 bridgehead atoms. The van der Waals surface area contributed by atoms with Gasteiger partial charge in [0, 0.05) is 11.6 Å². The summed E-state index contributed by atoms with van der Waals surface area (Å²) < 4.78 is 5.34. The Morgan fingerprint density at radius 1 is 1.29 bits per heavy atom. The molecule has 0 atom stereocenters. The number of benzene rings is 1. The van der Waals surface area contributed by atoms with E-state index < -0.39 is 0 Å². The van der Waals surface area contributed by atoms with E-state index in [1.807, 2.05) is 31.2 Å². The van der Waals surface area contributed by atoms with Crippen molar-refractivity contribution in [3.63, 3.8) is 0 Å². The first-order valence-corrected chi connectivity index (χ1v) is 6.33. The van der Waals surface area contributed by atoms with Crippen molar-refractivity contribution in [3.05, 3.63) is 29.8 Å². The second kappa shape index (κ2) is 5.71. The highest BCUT2D eigenvalue weighted by Crippen LogP contribution is 2.18. The van der Waals surface area contributed by atoms with E-state index >= 15 is 0 Å². The van der Waals surface area contributed by atoms with E-state index in [4.69, 9.17) is 4.74 Å². The van der Waals surface area contributed by atoms with Crippen LogP contribution in [-0.4, -0.2) is 18.6 Å². The van der Waals surface area contributed by atoms with Gasteiger partial charge in [0.1, 0.15) is 5.75 Å². The van der Waals surface area contributed by atoms with Gasteiger partial charge in [0.15, 0.2) is 0 Å². The molecule has 1 fully saturated rings. The molecule has 1 N–H and O–H groups in total. The van der Waals surface area contributed by atoms with Crippen LogP contribution in [-0.2, 0) is 0 Å². The molecule has 1 saturated carbocycles. The molecule has 0 radical (unpaired) electrons. The molecule has 0 saturated heterocycles. The Kier molecular flexibility index (Phi) is 4.02. The van der Waals surface area contributed by atoms with E-state index in [0.29, 0.717) is 18.2 Å². The van der Waals surface area contributed by atoms with Crippen molar-refractivity contribution in [2.45, 2.75) is 38.6 Å². The number of hydrogen-bond acceptors (Lipinski definition) is 2. The standard InChI is InChI=1S/C14H19NO2/c1-2-17-13-9-7-11(8-10-13)14(16)15-12-5-3-4-6-12/h7-10,12H,2-6H2,1H3,(H,15,16). The largest absolute Gasteiger partial charge is 0.494 e. The summed E-state index contributed by atoms with van der Waals surface area (Å²) in [7, 11) is 0. The maximum absolute atomic E-state index is 11.9. The fourth-order valence-electron chi connectivity index (χ4n) is 2.21. The highest BCUT2D eigenvalue weighted by molar-refractivity contribution is 5.94. The lowest BCUT2D eigenvalue weighted by molar-refractivity contribution is 0.0938. The summed E-state index contributed by atoms with van der Waals surface area (Å²) in [6.07, 6.45) is 4.69. The molecule has 1 aliphatic carbocycles. The average molecular weight is 233 g/mol. The summed E-state index contributed by atoms with van der Waals surface area (Å²) in [5, 5.41) is 3.07. The van der Waals surface area contributed by atoms with Crippen molar-refractivity contribution >= 4 is 5.91 Å². The summed E-state index contributed by atoms with van der Waals surface area (Å²) in [5.74, 6) is 0.838. The molecule has 0 aromatic heterocycles. The van der Waals surface area contributed by atoms with Crippen molar-refractivity contribution < 1.29 is 9.53 Å². The highest BCUT2D eigenvalue weighted by Gasteiger charge is 2.17. The maximum atomic E-state index is 11.9. The lowest BCUT2D eigenvalue weighted by Crippen LogP contribution is -2.32. The van der Waals surface area contributed by atoms with E-state index in [-0.39, 0.29) is 5.91 Å². The first-order chi connectivity index (χ1) is 8.29. The number of rotatable bonds is 4. The van der Waals surface area contributed by atoms with E-state index in [1.165, 1.54) is 12.8 Å². The van der Waals surface area contributed by atoms with Crippen molar-refractivity contribution in [2.75, 3.05) is 6.61 Å². The molecule has 1 aromatic carbocycles. The van der Waals surface area contributed by atoms with Gasteiger partial charge in [0.05, 0.1) is 6.61 Å². The number of carbonyl (C=O) groups is 1. The Bertz CT molecular complexity index is 366. The average Bonchev–Trinajstić information content (AvgIpc) is 2.83. The molecule has 17 heavy (non-hydrogen) atoms. The molecule has 0 aliphatic heterocycles. The normalized spacial score (nSPS) is 15.8. The monoisotopic (exact) mass is 233 g/mol. The summed E-state index contributed by atoms with van der Waals surface area (Å²) in [5.41, 5.74) is 0.709. The minimum atomic E-state index is 0.0277. The zero-order valence-corrected chi connectivity index (χ0v) is 10.2. The SMILES string of the molecule is CCOc1ccc(C(=O)NC2CCCC2)cc1. The quantitative estimate of drug-likeness (QED) is 0.868. The molecular formula is C14H19NO2. The Morgan fingerprint density at radius 3 is 2.53 bits per heavy atom. The first kappa shape index (κ1) is 12.0. The lowest BCUT2D eigenvalue weighted by Gasteiger charge is -2.12. The minimum Gasteiger partial charge on any atom is -0.494 e. The predicted octanol–water partition coefficient (Wildman–Crippen LogP) is 2.76. The van der Waals surface area contributed by atoms with Gasteiger partial charge in [-0.05, 0) is 44.0 Å². The van der Waals surface area contributed by atoms with Gasteiger partial charge < -0.3 is 10.1 Å². The molecule has 92 valence electrons. The lowest BCUT2D eigenvalue weighted by atomic mass is 10.1. The van der Waals surface area contributed by atoms with Crippen LogP contribution in [0.1, 0.15) is 43.0 Å². The van der Waals surface area contributed by atoms with Gasteiger partial charge in [-0.3, -0.25) is 4.79 Å². The van der Waals surface area contributed by atoms with Crippen molar-refractivity contribution in [1.82, 2.24) is 5.32 Å². The van der Waals surface area contributed by atoms with Gasteiger partial charge in [-0.25, -0.2) is 0 Å². The van der Waals surface area contributed by atoms with Crippen LogP contribution in [0, 0.1) is 0 Å². The van der Waals surface area contributed by atoms with Crippen molar-refractivity contribution in [3.8, 4) is 5.75 Å². The van der Waals surface area contributed by atoms with Crippen LogP contribution in [0.5, 0.6) is 5.75 Å². The summed E-state index contributed by atoms with van der Waals surface area (Å²) >= 11 is 0. The first-order valence-electron chi connectivity index (χ1n) is 6.33. The van der Waals surface area contributed by atoms with E-state index in [9.17, 15) is 4.79 Å². The fourth-order valence-corrected chi connectivity index (χ4v) is 2.21. The topological polar surface area (TPSA) is 38.3 Å². The highest BCUT2D eigenvalue weighted by atomic mass is 16.5. The van der Waals surface area contributed by atoms with E-state index in [0.717, 1.165) is 18.6 Å². The van der Waals surface area contributed by atoms with Crippen LogP contribution >= 0.6 is 0 Å². The van der Waals surface area contributed by atoms with Crippen LogP contribution in [0.15, 0.2) is 24.3 Å². The van der Waals surface area contributed by atoms with Gasteiger partial charge in [-0.1, -0.05) is 12.8 Å². The summed E-state index contributed by atoms with van der Waals surface area (Å²) in [4.78, 5) is 11.9. The number of nitrogens with one attached hydrogen (secondary N) is 1. The molecular weight excluding hydrogens is 214 g/mol. The van der Waals surface area contributed by atoms with Gasteiger partial charge in [0.2, 0.25) is 0 Å². The molecule has 0 heterocycles. The second-order valence-corrected chi connectivity index (χ2v) is 4.41. The van der Waals surface area contributed by atoms with Crippen LogP contribution < -0.4 is 10.1 Å². The molecule has 0 spiro atoms. The second-order valence-electron chi connectivity index (χ2n) is 4.41. The van der Waals surface area contributed by atoms with Crippen molar-refractivity contribution in [1.29, 1.82) is 0 Å². The maximum Gasteiger partial charge on any atom is 0.251 e. The van der Waals surface area contributed by atoms with Crippen LogP contribution in [0.2, 0.25) is 0 Å². The zero-order chi connectivity index (χ0) is 12.1. The summed E-state index contributed by atoms with van der Waals surface area (Å²) in [6.45, 7) is 2.59. The summed E-state index contributed by atoms with van der Waals surface area (Å²) in [6, 6.07) is 7.68. The van der Waals surface area contributed by atoms with Gasteiger partial charge in [0.25, 0.3) is 5.91 Å². The third-order valence-corrected chi connectivity index (χ3v) is 3.12. The van der Waals surface area contributed by atoms with Crippen LogP contribution in [0.3, 0.4) is 0 Å². The molecule has 1 aliphatic rings. The predicted molar refractivity (Wildman–Crippen MR) is 67.3 cm³/mol. The number of amides is 1. The zero-order valence-electron chi connectivity index (χ0n) is 10.2. The minimum absolute atomic E-state index is 0.0277. The molecule has 3 nitrogen and oxygen atoms in total. The fraction of sp³-hybridized carbons (Fsp3) is 0.500. The van der Waals surface area contributed by atoms with Gasteiger partial charge in [-0.15, -0.1) is 0 Å². The number of hydrogen-bond donors (Lipinski definition) is 1. The Morgan fingerprint density at radius 2 is 1.94 bits per heavy atom. The molecule has 3 heteroatoms. The van der Waals surface area contributed by atoms with Gasteiger partial charge in [-0.2, -0.15) is 0 Å². The van der Waals surface area contributed by atoms with E-state index in [1.54, 1.807) is 0 Å².